The third-order valence-electron chi connectivity index (χ3n) is 5.26. The molecule has 1 aliphatic rings. The molecule has 31 heavy (non-hydrogen) atoms. The summed E-state index contributed by atoms with van der Waals surface area (Å²) < 4.78 is 46.4. The van der Waals surface area contributed by atoms with E-state index in [-0.39, 0.29) is 41.9 Å². The highest BCUT2D eigenvalue weighted by Crippen LogP contribution is 2.19. The van der Waals surface area contributed by atoms with Gasteiger partial charge < -0.3 is 15.0 Å². The van der Waals surface area contributed by atoms with E-state index in [0.29, 0.717) is 12.2 Å². The van der Waals surface area contributed by atoms with E-state index in [0.717, 1.165) is 18.4 Å². The predicted molar refractivity (Wildman–Crippen MR) is 116 cm³/mol. The topological polar surface area (TPSA) is 87.7 Å². The molecule has 0 aliphatic carbocycles. The maximum atomic E-state index is 13.6. The summed E-state index contributed by atoms with van der Waals surface area (Å²) in [6.45, 7) is 1.17. The van der Waals surface area contributed by atoms with Gasteiger partial charge in [-0.25, -0.2) is 17.5 Å². The van der Waals surface area contributed by atoms with Gasteiger partial charge in [-0.1, -0.05) is 12.1 Å². The fourth-order valence-electron chi connectivity index (χ4n) is 3.48. The number of carbonyl (C=O) groups excluding carboxylic acids is 1. The minimum Gasteiger partial charge on any atom is -0.377 e. The Balaban J connectivity index is 1.60. The van der Waals surface area contributed by atoms with Crippen LogP contribution in [0.1, 0.15) is 34.8 Å². The number of carbonyl (C=O) groups is 1. The molecule has 2 atom stereocenters. The molecule has 2 aromatic carbocycles. The highest BCUT2D eigenvalue weighted by atomic mass is 32.2. The Kier molecular flexibility index (Phi) is 7.77. The van der Waals surface area contributed by atoms with Crippen molar-refractivity contribution >= 4 is 15.9 Å². The summed E-state index contributed by atoms with van der Waals surface area (Å²) in [4.78, 5) is 14.5. The first-order valence-electron chi connectivity index (χ1n) is 10.2. The van der Waals surface area contributed by atoms with Crippen LogP contribution in [-0.4, -0.2) is 59.1 Å². The molecule has 2 aromatic rings. The van der Waals surface area contributed by atoms with Crippen LogP contribution in [-0.2, 0) is 14.8 Å². The van der Waals surface area contributed by atoms with Crippen molar-refractivity contribution in [2.75, 3.05) is 33.8 Å². The molecule has 168 valence electrons. The Morgan fingerprint density at radius 1 is 1.23 bits per heavy atom. The molecule has 1 heterocycles. The first kappa shape index (κ1) is 23.3. The van der Waals surface area contributed by atoms with Crippen LogP contribution in [0.2, 0.25) is 0 Å². The van der Waals surface area contributed by atoms with Gasteiger partial charge in [-0.3, -0.25) is 4.79 Å². The summed E-state index contributed by atoms with van der Waals surface area (Å²) in [7, 11) is 0.0332. The molecule has 0 bridgehead atoms. The maximum Gasteiger partial charge on any atom is 0.251 e. The second kappa shape index (κ2) is 10.3. The standard InChI is InChI=1S/C22H28FN3O4S/c1-26(2)21(17-5-3-6-18(23)13-17)15-24-22(27)16-8-10-20(11-9-16)31(28,29)25-14-19-7-4-12-30-19/h3,5-6,8-11,13,19,21,25H,4,7,12,14-15H2,1-2H3,(H,24,27). The van der Waals surface area contributed by atoms with Crippen LogP contribution in [0.25, 0.3) is 0 Å². The minimum absolute atomic E-state index is 0.0907. The molecule has 9 heteroatoms. The first-order valence-corrected chi connectivity index (χ1v) is 11.7. The summed E-state index contributed by atoms with van der Waals surface area (Å²) in [6.07, 6.45) is 1.68. The lowest BCUT2D eigenvalue weighted by Gasteiger charge is -2.25. The van der Waals surface area contributed by atoms with Crippen LogP contribution >= 0.6 is 0 Å². The van der Waals surface area contributed by atoms with Crippen LogP contribution in [0.5, 0.6) is 0 Å². The van der Waals surface area contributed by atoms with Crippen molar-refractivity contribution in [1.29, 1.82) is 0 Å². The number of rotatable bonds is 9. The van der Waals surface area contributed by atoms with Gasteiger partial charge >= 0.3 is 0 Å². The van der Waals surface area contributed by atoms with Gasteiger partial charge in [0, 0.05) is 25.3 Å². The van der Waals surface area contributed by atoms with Crippen molar-refractivity contribution in [3.8, 4) is 0 Å². The van der Waals surface area contributed by atoms with Crippen LogP contribution in [0.4, 0.5) is 4.39 Å². The highest BCUT2D eigenvalue weighted by Gasteiger charge is 2.21. The van der Waals surface area contributed by atoms with Crippen molar-refractivity contribution < 1.29 is 22.3 Å². The number of hydrogen-bond donors (Lipinski definition) is 2. The number of sulfonamides is 1. The zero-order chi connectivity index (χ0) is 22.4. The molecule has 1 amide bonds. The molecule has 0 aromatic heterocycles. The monoisotopic (exact) mass is 449 g/mol. The zero-order valence-electron chi connectivity index (χ0n) is 17.7. The molecule has 1 saturated heterocycles. The lowest BCUT2D eigenvalue weighted by molar-refractivity contribution is 0.0941. The van der Waals surface area contributed by atoms with E-state index in [1.807, 2.05) is 25.1 Å². The summed E-state index contributed by atoms with van der Waals surface area (Å²) in [5.74, 6) is -0.667. The second-order valence-electron chi connectivity index (χ2n) is 7.76. The summed E-state index contributed by atoms with van der Waals surface area (Å²) in [5.41, 5.74) is 1.10. The lowest BCUT2D eigenvalue weighted by Crippen LogP contribution is -2.34. The Morgan fingerprint density at radius 3 is 2.58 bits per heavy atom. The number of likely N-dealkylation sites (N-methyl/N-ethyl adjacent to an activating group) is 1. The minimum atomic E-state index is -3.67. The number of amides is 1. The molecular formula is C22H28FN3O4S. The third-order valence-corrected chi connectivity index (χ3v) is 6.70. The van der Waals surface area contributed by atoms with Crippen molar-refractivity contribution in [3.05, 3.63) is 65.5 Å². The van der Waals surface area contributed by atoms with E-state index >= 15 is 0 Å². The normalized spacial score (nSPS) is 17.6. The Bertz CT molecular complexity index is 990. The Morgan fingerprint density at radius 2 is 1.97 bits per heavy atom. The number of benzene rings is 2. The molecule has 0 radical (unpaired) electrons. The quantitative estimate of drug-likeness (QED) is 0.614. The summed E-state index contributed by atoms with van der Waals surface area (Å²) >= 11 is 0. The summed E-state index contributed by atoms with van der Waals surface area (Å²) in [6, 6.07) is 11.8. The van der Waals surface area contributed by atoms with Gasteiger partial charge in [0.2, 0.25) is 10.0 Å². The Labute approximate surface area is 182 Å². The molecule has 1 aliphatic heterocycles. The van der Waals surface area contributed by atoms with E-state index in [1.54, 1.807) is 6.07 Å². The van der Waals surface area contributed by atoms with E-state index in [1.165, 1.54) is 36.4 Å². The molecule has 0 spiro atoms. The molecule has 1 fully saturated rings. The van der Waals surface area contributed by atoms with Gasteiger partial charge in [0.25, 0.3) is 5.91 Å². The largest absolute Gasteiger partial charge is 0.377 e. The first-order chi connectivity index (χ1) is 14.8. The molecule has 7 nitrogen and oxygen atoms in total. The Hall–Kier alpha value is -2.33. The SMILES string of the molecule is CN(C)C(CNC(=O)c1ccc(S(=O)(=O)NCC2CCCO2)cc1)c1cccc(F)c1. The number of nitrogens with one attached hydrogen (secondary N) is 2. The third kappa shape index (κ3) is 6.33. The van der Waals surface area contributed by atoms with Crippen LogP contribution in [0, 0.1) is 5.82 Å². The van der Waals surface area contributed by atoms with Crippen molar-refractivity contribution in [1.82, 2.24) is 14.9 Å². The smallest absolute Gasteiger partial charge is 0.251 e. The van der Waals surface area contributed by atoms with Gasteiger partial charge in [-0.05, 0) is 68.9 Å². The molecule has 2 N–H and O–H groups in total. The van der Waals surface area contributed by atoms with Gasteiger partial charge in [0.15, 0.2) is 0 Å². The number of hydrogen-bond acceptors (Lipinski definition) is 5. The van der Waals surface area contributed by atoms with E-state index < -0.39 is 10.0 Å². The lowest BCUT2D eigenvalue weighted by atomic mass is 10.1. The van der Waals surface area contributed by atoms with Crippen LogP contribution < -0.4 is 10.0 Å². The van der Waals surface area contributed by atoms with Crippen molar-refractivity contribution in [2.45, 2.75) is 29.9 Å². The van der Waals surface area contributed by atoms with Gasteiger partial charge in [0.1, 0.15) is 5.82 Å². The van der Waals surface area contributed by atoms with Crippen molar-refractivity contribution in [2.24, 2.45) is 0 Å². The van der Waals surface area contributed by atoms with Crippen LogP contribution in [0.15, 0.2) is 53.4 Å². The average molecular weight is 450 g/mol. The fourth-order valence-corrected chi connectivity index (χ4v) is 4.55. The molecule has 3 rings (SSSR count). The average Bonchev–Trinajstić information content (AvgIpc) is 3.26. The van der Waals surface area contributed by atoms with E-state index in [2.05, 4.69) is 10.0 Å². The van der Waals surface area contributed by atoms with Gasteiger partial charge in [-0.2, -0.15) is 0 Å². The number of halogens is 1. The molecular weight excluding hydrogens is 421 g/mol. The van der Waals surface area contributed by atoms with Crippen LogP contribution in [0.3, 0.4) is 0 Å². The highest BCUT2D eigenvalue weighted by molar-refractivity contribution is 7.89. The fraction of sp³-hybridized carbons (Fsp3) is 0.409. The van der Waals surface area contributed by atoms with E-state index in [9.17, 15) is 17.6 Å². The zero-order valence-corrected chi connectivity index (χ0v) is 18.5. The summed E-state index contributed by atoms with van der Waals surface area (Å²) in [5, 5.41) is 2.83. The number of nitrogens with zero attached hydrogens (tertiary/aromatic N) is 1. The van der Waals surface area contributed by atoms with Crippen molar-refractivity contribution in [3.63, 3.8) is 0 Å². The molecule has 2 unspecified atom stereocenters. The molecule has 0 saturated carbocycles. The second-order valence-corrected chi connectivity index (χ2v) is 9.52. The number of ether oxygens (including phenoxy) is 1. The maximum absolute atomic E-state index is 13.6. The van der Waals surface area contributed by atoms with Gasteiger partial charge in [-0.15, -0.1) is 0 Å². The van der Waals surface area contributed by atoms with E-state index in [4.69, 9.17) is 4.74 Å². The van der Waals surface area contributed by atoms with Gasteiger partial charge in [0.05, 0.1) is 17.0 Å². The predicted octanol–water partition coefficient (Wildman–Crippen LogP) is 2.32.